The molecule has 0 aliphatic carbocycles. The lowest BCUT2D eigenvalue weighted by Crippen LogP contribution is -2.67. The van der Waals surface area contributed by atoms with Crippen molar-refractivity contribution in [3.63, 3.8) is 0 Å². The number of nitrogens with zero attached hydrogens (tertiary/aromatic N) is 1. The number of aliphatic hydroxyl groups excluding tert-OH is 2. The van der Waals surface area contributed by atoms with Crippen molar-refractivity contribution >= 4 is 0 Å². The van der Waals surface area contributed by atoms with Crippen molar-refractivity contribution in [2.45, 2.75) is 44.0 Å². The van der Waals surface area contributed by atoms with Gasteiger partial charge in [-0.25, -0.2) is 0 Å². The van der Waals surface area contributed by atoms with Gasteiger partial charge in [-0.2, -0.15) is 0 Å². The molecule has 0 aromatic carbocycles. The first-order valence-electron chi connectivity index (χ1n) is 5.66. The van der Waals surface area contributed by atoms with Gasteiger partial charge in [0.15, 0.2) is 0 Å². The van der Waals surface area contributed by atoms with E-state index in [1.54, 1.807) is 0 Å². The van der Waals surface area contributed by atoms with Gasteiger partial charge in [0.1, 0.15) is 0 Å². The van der Waals surface area contributed by atoms with Crippen molar-refractivity contribution in [1.82, 2.24) is 4.90 Å². The van der Waals surface area contributed by atoms with Crippen molar-refractivity contribution in [2.24, 2.45) is 11.5 Å². The molecule has 0 aromatic rings. The molecule has 5 heteroatoms. The number of aliphatic hydroxyl groups is 2. The summed E-state index contributed by atoms with van der Waals surface area (Å²) in [5.41, 5.74) is 11.6. The summed E-state index contributed by atoms with van der Waals surface area (Å²) in [5, 5.41) is 19.1. The van der Waals surface area contributed by atoms with E-state index in [-0.39, 0.29) is 18.7 Å². The van der Waals surface area contributed by atoms with E-state index in [0.717, 1.165) is 19.4 Å². The molecule has 4 atom stereocenters. The zero-order chi connectivity index (χ0) is 11.4. The quantitative estimate of drug-likeness (QED) is 0.458. The number of hydrogen-bond donors (Lipinski definition) is 4. The Morgan fingerprint density at radius 2 is 2.07 bits per heavy atom. The van der Waals surface area contributed by atoms with Gasteiger partial charge in [-0.05, 0) is 13.0 Å². The maximum absolute atomic E-state index is 9.87. The summed E-state index contributed by atoms with van der Waals surface area (Å²) in [7, 11) is 0. The van der Waals surface area contributed by atoms with E-state index in [9.17, 15) is 10.2 Å². The zero-order valence-electron chi connectivity index (χ0n) is 9.34. The number of likely N-dealkylation sites (tertiary alicyclic amines) is 1. The third-order valence-electron chi connectivity index (χ3n) is 3.18. The minimum absolute atomic E-state index is 0.0642. The SMILES string of the molecule is CCCCN1C[C@H](N)[C@@H](N)[C@H](O)[C@H]1CO. The summed E-state index contributed by atoms with van der Waals surface area (Å²) in [6.07, 6.45) is 1.41. The van der Waals surface area contributed by atoms with Crippen LogP contribution in [-0.4, -0.2) is 59.0 Å². The van der Waals surface area contributed by atoms with Crippen molar-refractivity contribution in [3.8, 4) is 0 Å². The Kier molecular flexibility index (Phi) is 4.95. The summed E-state index contributed by atoms with van der Waals surface area (Å²) in [6.45, 7) is 3.56. The molecule has 0 amide bonds. The molecule has 1 fully saturated rings. The number of nitrogens with two attached hydrogens (primary N) is 2. The van der Waals surface area contributed by atoms with Gasteiger partial charge in [-0.1, -0.05) is 13.3 Å². The lowest BCUT2D eigenvalue weighted by molar-refractivity contribution is -0.0353. The fourth-order valence-corrected chi connectivity index (χ4v) is 2.10. The Bertz CT molecular complexity index is 192. The minimum atomic E-state index is -0.726. The minimum Gasteiger partial charge on any atom is -0.395 e. The largest absolute Gasteiger partial charge is 0.395 e. The highest BCUT2D eigenvalue weighted by atomic mass is 16.3. The van der Waals surface area contributed by atoms with Gasteiger partial charge in [0.05, 0.1) is 18.8 Å². The molecule has 0 bridgehead atoms. The number of unbranched alkanes of at least 4 members (excludes halogenated alkanes) is 1. The lowest BCUT2D eigenvalue weighted by Gasteiger charge is -2.44. The van der Waals surface area contributed by atoms with Gasteiger partial charge in [-0.15, -0.1) is 0 Å². The Labute approximate surface area is 91.0 Å². The second kappa shape index (κ2) is 5.77. The van der Waals surface area contributed by atoms with Crippen LogP contribution in [0.5, 0.6) is 0 Å². The highest BCUT2D eigenvalue weighted by molar-refractivity contribution is 4.98. The van der Waals surface area contributed by atoms with Crippen LogP contribution in [0.2, 0.25) is 0 Å². The summed E-state index contributed by atoms with van der Waals surface area (Å²) in [5.74, 6) is 0. The van der Waals surface area contributed by atoms with Crippen LogP contribution in [0.3, 0.4) is 0 Å². The van der Waals surface area contributed by atoms with Gasteiger partial charge in [0.2, 0.25) is 0 Å². The van der Waals surface area contributed by atoms with Crippen LogP contribution < -0.4 is 11.5 Å². The predicted octanol–water partition coefficient (Wildman–Crippen LogP) is -1.52. The van der Waals surface area contributed by atoms with Gasteiger partial charge in [0, 0.05) is 18.6 Å². The molecule has 1 aliphatic heterocycles. The molecular weight excluding hydrogens is 194 g/mol. The van der Waals surface area contributed by atoms with E-state index in [2.05, 4.69) is 6.92 Å². The Morgan fingerprint density at radius 1 is 1.40 bits per heavy atom. The summed E-state index contributed by atoms with van der Waals surface area (Å²) >= 11 is 0. The first-order chi connectivity index (χ1) is 7.11. The van der Waals surface area contributed by atoms with Crippen LogP contribution in [0.1, 0.15) is 19.8 Å². The van der Waals surface area contributed by atoms with Gasteiger partial charge in [-0.3, -0.25) is 4.90 Å². The number of rotatable bonds is 4. The Balaban J connectivity index is 2.60. The zero-order valence-corrected chi connectivity index (χ0v) is 9.34. The topological polar surface area (TPSA) is 95.7 Å². The van der Waals surface area contributed by atoms with E-state index < -0.39 is 12.1 Å². The molecule has 1 rings (SSSR count). The molecule has 0 radical (unpaired) electrons. The normalized spacial score (nSPS) is 38.2. The molecule has 0 aromatic heterocycles. The number of piperidine rings is 1. The second-order valence-electron chi connectivity index (χ2n) is 4.33. The molecule has 90 valence electrons. The first-order valence-corrected chi connectivity index (χ1v) is 5.66. The molecule has 0 unspecified atom stereocenters. The third kappa shape index (κ3) is 2.89. The summed E-state index contributed by atoms with van der Waals surface area (Å²) in [4.78, 5) is 2.04. The van der Waals surface area contributed by atoms with Crippen LogP contribution in [-0.2, 0) is 0 Å². The molecule has 0 spiro atoms. The third-order valence-corrected chi connectivity index (χ3v) is 3.18. The lowest BCUT2D eigenvalue weighted by atomic mass is 9.91. The Morgan fingerprint density at radius 3 is 2.60 bits per heavy atom. The van der Waals surface area contributed by atoms with Crippen LogP contribution >= 0.6 is 0 Å². The standard InChI is InChI=1S/C10H23N3O2/c1-2-3-4-13-5-7(11)9(12)10(15)8(13)6-14/h7-10,14-15H,2-6,11-12H2,1H3/t7-,8+,9+,10+/m0/s1. The van der Waals surface area contributed by atoms with E-state index in [1.165, 1.54) is 0 Å². The average Bonchev–Trinajstić information content (AvgIpc) is 2.23. The molecule has 0 saturated carbocycles. The van der Waals surface area contributed by atoms with Crippen LogP contribution in [0.15, 0.2) is 0 Å². The maximum atomic E-state index is 9.87. The average molecular weight is 217 g/mol. The fraction of sp³-hybridized carbons (Fsp3) is 1.00. The first kappa shape index (κ1) is 12.9. The molecule has 5 nitrogen and oxygen atoms in total. The van der Waals surface area contributed by atoms with E-state index in [1.807, 2.05) is 4.90 Å². The molecular formula is C10H23N3O2. The van der Waals surface area contributed by atoms with Crippen molar-refractivity contribution in [1.29, 1.82) is 0 Å². The molecule has 1 aliphatic rings. The number of hydrogen-bond acceptors (Lipinski definition) is 5. The van der Waals surface area contributed by atoms with Crippen molar-refractivity contribution < 1.29 is 10.2 Å². The Hall–Kier alpha value is -0.200. The predicted molar refractivity (Wildman–Crippen MR) is 59.3 cm³/mol. The molecule has 1 heterocycles. The van der Waals surface area contributed by atoms with Crippen molar-refractivity contribution in [3.05, 3.63) is 0 Å². The van der Waals surface area contributed by atoms with E-state index in [4.69, 9.17) is 11.5 Å². The monoisotopic (exact) mass is 217 g/mol. The molecule has 15 heavy (non-hydrogen) atoms. The van der Waals surface area contributed by atoms with Crippen LogP contribution in [0.25, 0.3) is 0 Å². The van der Waals surface area contributed by atoms with E-state index in [0.29, 0.717) is 6.54 Å². The van der Waals surface area contributed by atoms with Gasteiger partial charge in [0.25, 0.3) is 0 Å². The smallest absolute Gasteiger partial charge is 0.0883 e. The molecule has 6 N–H and O–H groups in total. The van der Waals surface area contributed by atoms with Crippen molar-refractivity contribution in [2.75, 3.05) is 19.7 Å². The summed E-state index contributed by atoms with van der Waals surface area (Å²) in [6, 6.07) is -0.897. The van der Waals surface area contributed by atoms with Gasteiger partial charge >= 0.3 is 0 Å². The summed E-state index contributed by atoms with van der Waals surface area (Å²) < 4.78 is 0. The molecule has 1 saturated heterocycles. The second-order valence-corrected chi connectivity index (χ2v) is 4.33. The van der Waals surface area contributed by atoms with E-state index >= 15 is 0 Å². The highest BCUT2D eigenvalue weighted by Crippen LogP contribution is 2.16. The van der Waals surface area contributed by atoms with Gasteiger partial charge < -0.3 is 21.7 Å². The maximum Gasteiger partial charge on any atom is 0.0883 e. The van der Waals surface area contributed by atoms with Crippen LogP contribution in [0, 0.1) is 0 Å². The fourth-order valence-electron chi connectivity index (χ4n) is 2.10. The van der Waals surface area contributed by atoms with Crippen LogP contribution in [0.4, 0.5) is 0 Å². The highest BCUT2D eigenvalue weighted by Gasteiger charge is 2.38.